The van der Waals surface area contributed by atoms with Crippen LogP contribution in [0.3, 0.4) is 0 Å². The van der Waals surface area contributed by atoms with Gasteiger partial charge in [-0.2, -0.15) is 0 Å². The molecule has 1 aliphatic heterocycles. The van der Waals surface area contributed by atoms with Crippen LogP contribution in [0.25, 0.3) is 0 Å². The first kappa shape index (κ1) is 24.1. The minimum absolute atomic E-state index is 0.395. The molecule has 0 bridgehead atoms. The van der Waals surface area contributed by atoms with E-state index in [0.29, 0.717) is 0 Å². The highest BCUT2D eigenvalue weighted by Crippen LogP contribution is 2.36. The Morgan fingerprint density at radius 2 is 1.03 bits per heavy atom. The fourth-order valence-corrected chi connectivity index (χ4v) is 10.1. The van der Waals surface area contributed by atoms with Gasteiger partial charge in [-0.1, -0.05) is 109 Å². The molecule has 0 atom stereocenters. The van der Waals surface area contributed by atoms with Crippen LogP contribution in [0.2, 0.25) is 5.02 Å². The molecule has 2 nitrogen and oxygen atoms in total. The molecule has 1 fully saturated rings. The average Bonchev–Trinajstić information content (AvgIpc) is 3.08. The van der Waals surface area contributed by atoms with Gasteiger partial charge >= 0.3 is 7.12 Å². The highest BCUT2D eigenvalue weighted by Gasteiger charge is 2.52. The maximum atomic E-state index is 6.59. The normalized spacial score (nSPS) is 16.9. The summed E-state index contributed by atoms with van der Waals surface area (Å²) in [4.78, 5) is 0. The van der Waals surface area contributed by atoms with E-state index in [4.69, 9.17) is 20.9 Å². The van der Waals surface area contributed by atoms with Gasteiger partial charge < -0.3 is 9.31 Å². The molecule has 176 valence electrons. The van der Waals surface area contributed by atoms with E-state index in [1.54, 1.807) is 0 Å². The largest absolute Gasteiger partial charge is 0.494 e. The molecule has 5 rings (SSSR count). The number of hydrogen-bond donors (Lipinski definition) is 0. The highest BCUT2D eigenvalue weighted by atomic mass is 35.5. The van der Waals surface area contributed by atoms with Gasteiger partial charge in [-0.15, -0.1) is 0 Å². The summed E-state index contributed by atoms with van der Waals surface area (Å²) in [6, 6.07) is 38.8. The van der Waals surface area contributed by atoms with Crippen molar-refractivity contribution in [1.29, 1.82) is 0 Å². The third-order valence-electron chi connectivity index (χ3n) is 7.52. The van der Waals surface area contributed by atoms with E-state index in [0.717, 1.165) is 10.5 Å². The summed E-state index contributed by atoms with van der Waals surface area (Å²) in [6.45, 7) is 8.37. The van der Waals surface area contributed by atoms with Gasteiger partial charge in [0.05, 0.1) is 11.2 Å². The van der Waals surface area contributed by atoms with E-state index < -0.39 is 26.4 Å². The van der Waals surface area contributed by atoms with Crippen LogP contribution < -0.4 is 26.2 Å². The Balaban J connectivity index is 1.77. The van der Waals surface area contributed by atoms with Gasteiger partial charge in [0.15, 0.2) is 8.07 Å². The molecule has 1 heterocycles. The average molecular weight is 497 g/mol. The number of rotatable bonds is 5. The first-order valence-electron chi connectivity index (χ1n) is 12.1. The van der Waals surface area contributed by atoms with Crippen molar-refractivity contribution < 1.29 is 9.31 Å². The Morgan fingerprint density at radius 3 is 1.54 bits per heavy atom. The molecular formula is C30H30BClO2Si. The quantitative estimate of drug-likeness (QED) is 0.307. The highest BCUT2D eigenvalue weighted by molar-refractivity contribution is 7.20. The second-order valence-corrected chi connectivity index (χ2v) is 14.5. The number of halogens is 1. The summed E-state index contributed by atoms with van der Waals surface area (Å²) in [5.41, 5.74) is 0.245. The molecule has 4 aromatic carbocycles. The van der Waals surface area contributed by atoms with E-state index in [1.807, 2.05) is 6.07 Å². The zero-order valence-electron chi connectivity index (χ0n) is 20.7. The fourth-order valence-electron chi connectivity index (χ4n) is 5.00. The van der Waals surface area contributed by atoms with Crippen LogP contribution in [0, 0.1) is 0 Å². The molecule has 0 aromatic heterocycles. The van der Waals surface area contributed by atoms with E-state index in [1.165, 1.54) is 20.7 Å². The standard InChI is InChI=1S/C30H30BClO2Si/c1-29(2)30(3,4)34-31(33-29)23-13-11-19-27(21-23)35(25-15-7-5-8-16-25,26-17-9-6-10-18-26)28-20-12-14-24(32)22-28/h5-22H,1-4H3. The van der Waals surface area contributed by atoms with Crippen molar-refractivity contribution in [3.05, 3.63) is 114 Å². The van der Waals surface area contributed by atoms with E-state index in [2.05, 4.69) is 131 Å². The summed E-state index contributed by atoms with van der Waals surface area (Å²) < 4.78 is 12.9. The molecule has 5 heteroatoms. The molecule has 0 N–H and O–H groups in total. The molecule has 35 heavy (non-hydrogen) atoms. The molecule has 0 amide bonds. The van der Waals surface area contributed by atoms with Crippen molar-refractivity contribution in [1.82, 2.24) is 0 Å². The first-order valence-corrected chi connectivity index (χ1v) is 14.4. The Hall–Kier alpha value is -2.63. The van der Waals surface area contributed by atoms with Gasteiger partial charge in [0.1, 0.15) is 0 Å². The summed E-state index contributed by atoms with van der Waals surface area (Å²) in [7, 11) is -3.10. The van der Waals surface area contributed by atoms with Crippen molar-refractivity contribution in [2.75, 3.05) is 0 Å². The van der Waals surface area contributed by atoms with Crippen molar-refractivity contribution in [2.24, 2.45) is 0 Å². The molecule has 0 unspecified atom stereocenters. The predicted molar refractivity (Wildman–Crippen MR) is 151 cm³/mol. The van der Waals surface area contributed by atoms with Gasteiger partial charge in [0.25, 0.3) is 0 Å². The van der Waals surface area contributed by atoms with Crippen molar-refractivity contribution in [3.8, 4) is 0 Å². The summed E-state index contributed by atoms with van der Waals surface area (Å²) in [5.74, 6) is 0. The van der Waals surface area contributed by atoms with E-state index in [9.17, 15) is 0 Å². The molecular weight excluding hydrogens is 467 g/mol. The maximum absolute atomic E-state index is 6.59. The molecule has 0 saturated carbocycles. The van der Waals surface area contributed by atoms with Crippen LogP contribution in [0.4, 0.5) is 0 Å². The molecule has 1 aliphatic rings. The molecule has 0 spiro atoms. The Kier molecular flexibility index (Phi) is 6.27. The second kappa shape index (κ2) is 9.11. The lowest BCUT2D eigenvalue weighted by Gasteiger charge is -2.35. The van der Waals surface area contributed by atoms with Gasteiger partial charge in [-0.05, 0) is 66.0 Å². The summed E-state index contributed by atoms with van der Waals surface area (Å²) in [6.07, 6.45) is 0. The van der Waals surface area contributed by atoms with E-state index >= 15 is 0 Å². The van der Waals surface area contributed by atoms with Crippen LogP contribution >= 0.6 is 11.6 Å². The molecule has 1 saturated heterocycles. The van der Waals surface area contributed by atoms with Crippen molar-refractivity contribution in [3.63, 3.8) is 0 Å². The maximum Gasteiger partial charge on any atom is 0.494 e. The SMILES string of the molecule is CC1(C)OB(c2cccc([Si](c3ccccc3)(c3ccccc3)c3cccc(Cl)c3)c2)OC1(C)C. The van der Waals surface area contributed by atoms with Crippen LogP contribution in [-0.4, -0.2) is 26.4 Å². The molecule has 0 aliphatic carbocycles. The Bertz CT molecular complexity index is 1270. The van der Waals surface area contributed by atoms with Gasteiger partial charge in [-0.3, -0.25) is 0 Å². The summed E-state index contributed by atoms with van der Waals surface area (Å²) >= 11 is 6.59. The number of hydrogen-bond acceptors (Lipinski definition) is 2. The van der Waals surface area contributed by atoms with Gasteiger partial charge in [0, 0.05) is 5.02 Å². The lowest BCUT2D eigenvalue weighted by Crippen LogP contribution is -2.75. The zero-order chi connectivity index (χ0) is 24.7. The topological polar surface area (TPSA) is 18.5 Å². The second-order valence-electron chi connectivity index (χ2n) is 10.2. The van der Waals surface area contributed by atoms with E-state index in [-0.39, 0.29) is 0 Å². The van der Waals surface area contributed by atoms with Gasteiger partial charge in [0.2, 0.25) is 0 Å². The van der Waals surface area contributed by atoms with Crippen LogP contribution in [-0.2, 0) is 9.31 Å². The minimum atomic E-state index is -2.68. The predicted octanol–water partition coefficient (Wildman–Crippen LogP) is 4.02. The van der Waals surface area contributed by atoms with Crippen LogP contribution in [0.1, 0.15) is 27.7 Å². The lowest BCUT2D eigenvalue weighted by atomic mass is 9.79. The monoisotopic (exact) mass is 496 g/mol. The lowest BCUT2D eigenvalue weighted by molar-refractivity contribution is 0.00578. The van der Waals surface area contributed by atoms with Crippen molar-refractivity contribution in [2.45, 2.75) is 38.9 Å². The Labute approximate surface area is 215 Å². The zero-order valence-corrected chi connectivity index (χ0v) is 22.4. The fraction of sp³-hybridized carbons (Fsp3) is 0.200. The minimum Gasteiger partial charge on any atom is -0.399 e. The third-order valence-corrected chi connectivity index (χ3v) is 12.5. The van der Waals surface area contributed by atoms with Gasteiger partial charge in [-0.25, -0.2) is 0 Å². The smallest absolute Gasteiger partial charge is 0.399 e. The van der Waals surface area contributed by atoms with Crippen molar-refractivity contribution >= 4 is 53.0 Å². The molecule has 0 radical (unpaired) electrons. The van der Waals surface area contributed by atoms with Crippen LogP contribution in [0.15, 0.2) is 109 Å². The summed E-state index contributed by atoms with van der Waals surface area (Å²) in [5, 5.41) is 5.87. The first-order chi connectivity index (χ1) is 16.7. The number of benzene rings is 4. The Morgan fingerprint density at radius 1 is 0.571 bits per heavy atom. The third kappa shape index (κ3) is 4.19. The van der Waals surface area contributed by atoms with Crippen LogP contribution in [0.5, 0.6) is 0 Å². The molecule has 4 aromatic rings.